The zero-order valence-corrected chi connectivity index (χ0v) is 58.1. The maximum Gasteiger partial charge on any atom is 0.474 e. The highest BCUT2D eigenvalue weighted by Gasteiger charge is 2.62. The molecule has 5 aliphatic rings. The molecule has 0 aromatic carbocycles. The van der Waals surface area contributed by atoms with Crippen LogP contribution in [0.25, 0.3) is 0 Å². The van der Waals surface area contributed by atoms with E-state index in [-0.39, 0.29) is 13.2 Å². The lowest BCUT2D eigenvalue weighted by atomic mass is 9.85. The van der Waals surface area contributed by atoms with Crippen LogP contribution in [0.5, 0.6) is 0 Å². The van der Waals surface area contributed by atoms with Crippen LogP contribution in [-0.2, 0) is 89.7 Å². The van der Waals surface area contributed by atoms with E-state index in [2.05, 4.69) is 43.6 Å². The Morgan fingerprint density at radius 2 is 1.24 bits per heavy atom. The number of hydrogen-bond donors (Lipinski definition) is 17. The summed E-state index contributed by atoms with van der Waals surface area (Å²) < 4.78 is 88.4. The van der Waals surface area contributed by atoms with E-state index in [9.17, 15) is 89.3 Å². The molecular weight excluding hydrogens is 1340 g/mol. The van der Waals surface area contributed by atoms with Gasteiger partial charge in [-0.3, -0.25) is 28.2 Å². The number of carbonyl (C=O) groups excluding carboxylic acids is 5. The molecule has 5 rings (SSSR count). The fourth-order valence-corrected chi connectivity index (χ4v) is 13.1. The van der Waals surface area contributed by atoms with E-state index < -0.39 is 223 Å². The highest BCUT2D eigenvalue weighted by Crippen LogP contribution is 2.49. The molecule has 5 aliphatic heterocycles. The van der Waals surface area contributed by atoms with Crippen LogP contribution in [0.3, 0.4) is 0 Å². The quantitative estimate of drug-likeness (QED) is 0.0161. The van der Waals surface area contributed by atoms with Crippen LogP contribution in [0.15, 0.2) is 11.6 Å². The Morgan fingerprint density at radius 1 is 0.677 bits per heavy atom. The molecule has 5 saturated heterocycles. The van der Waals surface area contributed by atoms with Gasteiger partial charge in [0, 0.05) is 33.4 Å². The number of carbonyl (C=O) groups is 6. The molecule has 99 heavy (non-hydrogen) atoms. The molecule has 5 heterocycles. The first-order valence-corrected chi connectivity index (χ1v) is 34.8. The van der Waals surface area contributed by atoms with Crippen molar-refractivity contribution in [2.45, 2.75) is 279 Å². The molecule has 0 bridgehead atoms. The Morgan fingerprint density at radius 3 is 1.81 bits per heavy atom. The van der Waals surface area contributed by atoms with Crippen molar-refractivity contribution in [1.82, 2.24) is 16.0 Å². The minimum absolute atomic E-state index is 0.117. The van der Waals surface area contributed by atoms with Gasteiger partial charge in [-0.15, -0.1) is 0 Å². The number of nitrogens with one attached hydrogen (secondary N) is 3. The van der Waals surface area contributed by atoms with Crippen molar-refractivity contribution in [3.05, 3.63) is 11.6 Å². The number of rotatable bonds is 39. The fraction of sp³-hybridized carbons (Fsp3) is 0.869. The predicted molar refractivity (Wildman–Crippen MR) is 338 cm³/mol. The van der Waals surface area contributed by atoms with Gasteiger partial charge in [0.1, 0.15) is 78.7 Å². The molecule has 0 aromatic heterocycles. The number of carboxylic acids is 1. The minimum atomic E-state index is -5.79. The predicted octanol–water partition coefficient (Wildman–Crippen LogP) is -3.52. The van der Waals surface area contributed by atoms with Gasteiger partial charge in [0.05, 0.1) is 38.6 Å². The Bertz CT molecular complexity index is 2650. The zero-order valence-electron chi connectivity index (χ0n) is 57.2. The molecule has 0 saturated carbocycles. The summed E-state index contributed by atoms with van der Waals surface area (Å²) in [7, 11) is -5.79. The van der Waals surface area contributed by atoms with E-state index in [4.69, 9.17) is 78.4 Å². The number of carboxylic acid groups (broad SMARTS) is 1. The van der Waals surface area contributed by atoms with E-state index in [1.165, 1.54) is 45.4 Å². The number of amides is 5. The summed E-state index contributed by atoms with van der Waals surface area (Å²) in [5, 5.41) is 118. The maximum absolute atomic E-state index is 14.0. The second-order valence-electron chi connectivity index (χ2n) is 26.8. The lowest BCUT2D eigenvalue weighted by molar-refractivity contribution is -0.374. The third-order valence-electron chi connectivity index (χ3n) is 17.8. The monoisotopic (exact) mass is 1450 g/mol. The van der Waals surface area contributed by atoms with Crippen LogP contribution in [0, 0.1) is 17.8 Å². The van der Waals surface area contributed by atoms with E-state index in [1.54, 1.807) is 0 Å². The van der Waals surface area contributed by atoms with Gasteiger partial charge in [-0.2, -0.15) is 0 Å². The molecule has 28 atom stereocenters. The van der Waals surface area contributed by atoms with E-state index in [0.717, 1.165) is 57.4 Å². The molecule has 5 amide bonds. The molecule has 0 radical (unpaired) electrons. The largest absolute Gasteiger partial charge is 0.479 e. The lowest BCUT2D eigenvalue weighted by Gasteiger charge is -2.51. The van der Waals surface area contributed by atoms with Crippen LogP contribution in [0.1, 0.15) is 127 Å². The summed E-state index contributed by atoms with van der Waals surface area (Å²) in [6, 6.07) is -3.79. The average molecular weight is 1450 g/mol. The van der Waals surface area contributed by atoms with Gasteiger partial charge in [-0.05, 0) is 51.4 Å². The molecule has 20 N–H and O–H groups in total. The summed E-state index contributed by atoms with van der Waals surface area (Å²) in [6.45, 7) is 12.3. The number of aliphatic hydroxyl groups is 9. The summed E-state index contributed by atoms with van der Waals surface area (Å²) >= 11 is 0. The highest BCUT2D eigenvalue weighted by atomic mass is 31.2. The Kier molecular flexibility index (Phi) is 34.1. The molecule has 3 unspecified atom stereocenters. The average Bonchev–Trinajstić information content (AvgIpc) is 0.751. The number of aliphatic hydroxyl groups excluding tert-OH is 8. The number of phosphoric acid groups is 1. The van der Waals surface area contributed by atoms with Gasteiger partial charge in [0.25, 0.3) is 0 Å². The van der Waals surface area contributed by atoms with E-state index >= 15 is 0 Å². The molecule has 37 nitrogen and oxygen atoms in total. The number of allylic oxidation sites excluding steroid dienone is 1. The van der Waals surface area contributed by atoms with Gasteiger partial charge in [0.2, 0.25) is 23.6 Å². The van der Waals surface area contributed by atoms with Crippen molar-refractivity contribution in [3.8, 4) is 0 Å². The second kappa shape index (κ2) is 39.5. The molecule has 0 aliphatic carbocycles. The minimum Gasteiger partial charge on any atom is -0.479 e. The standard InChI is InChI=1S/C61H107N6O31P/c1-27(2)13-10-14-28(3)15-11-16-29(4)17-12-18-30(5)19-20-65-21-22-86-38(54(80)81)26-88-99(84,85)98-59-49(50(97-60(64)82)61(9,83)51(96-59)53(63)79)95-57-40(67-33(8)70)43(75)48(37(91-57)25-87-58-45(77)44(76)41(73)36(24-68)90-58)94-56-39(66-32(7)69)42(74)46(31(6)89-56)92-55-35(72)23-34(71)47(93-55)52(62)78/h19,27-29,31,34-51,55-59,65,68,71-77,83H,10-18,20-26H2,1-9H3,(H2,62,78)(H2,63,79)(H2,64,82)(H,66,69)(H,67,70)(H,80,81)(H,84,85)/b30-19+/t28?,29?,31-,34-,35-,36-,37-,38-,39-,40-,41-,42-,43-,44+,45-,46-,47+,48-,49-,50-,51-,55-,56+,57+,58-,59+,61+/m1/s1. The number of primary amides is 3. The summed E-state index contributed by atoms with van der Waals surface area (Å²) in [4.78, 5) is 87.5. The van der Waals surface area contributed by atoms with Crippen molar-refractivity contribution in [2.75, 3.05) is 39.5 Å². The van der Waals surface area contributed by atoms with Gasteiger partial charge in [-0.25, -0.2) is 14.2 Å². The number of aliphatic carboxylic acids is 1. The summed E-state index contributed by atoms with van der Waals surface area (Å²) in [5.74, 6) is -4.08. The van der Waals surface area contributed by atoms with E-state index in [0.29, 0.717) is 12.5 Å². The summed E-state index contributed by atoms with van der Waals surface area (Å²) in [6.07, 6.45) is -33.2. The Hall–Kier alpha value is -4.33. The van der Waals surface area contributed by atoms with Crippen LogP contribution in [0.4, 0.5) is 4.79 Å². The van der Waals surface area contributed by atoms with Crippen LogP contribution >= 0.6 is 7.82 Å². The fourth-order valence-electron chi connectivity index (χ4n) is 12.3. The normalized spacial score (nSPS) is 36.8. The molecule has 0 spiro atoms. The SMILES string of the molecule is CC(=O)N[C@H]1[C@H](O[C@H]2[C@H](O)[C@@H](NC(C)=O)[C@H](O[C@H]3[C@H](OP(=O)(O)OC[C@@H](OCCNC/C=C(\C)CCCC(C)CCCC(C)CCCC(C)C)C(=O)O)O[C@H](C(N)=O)[C@@](C)(O)[C@@H]3OC(N)=O)O[C@@H]2CO[C@@H]2O[C@H](CO)[C@@H](O)[C@H](O)[C@H]2O)O[C@H](C)[C@@H](O[C@@H]2O[C@H](C(N)=O)[C@H](O)C[C@H]2O)[C@@H]1O. The van der Waals surface area contributed by atoms with Crippen molar-refractivity contribution in [2.24, 2.45) is 35.0 Å². The third kappa shape index (κ3) is 25.2. The number of nitrogens with two attached hydrogens (primary N) is 3. The van der Waals surface area contributed by atoms with Crippen molar-refractivity contribution < 1.29 is 150 Å². The maximum atomic E-state index is 14.0. The first-order valence-electron chi connectivity index (χ1n) is 33.3. The van der Waals surface area contributed by atoms with Gasteiger partial charge in [-0.1, -0.05) is 84.3 Å². The molecule has 0 aromatic rings. The number of phosphoric ester groups is 1. The van der Waals surface area contributed by atoms with Gasteiger partial charge < -0.3 is 141 Å². The third-order valence-corrected chi connectivity index (χ3v) is 18.7. The van der Waals surface area contributed by atoms with Crippen LogP contribution in [0.2, 0.25) is 0 Å². The molecule has 38 heteroatoms. The van der Waals surface area contributed by atoms with Crippen LogP contribution < -0.4 is 33.2 Å². The first-order chi connectivity index (χ1) is 46.4. The molecule has 572 valence electrons. The molecule has 5 fully saturated rings. The number of hydrogen-bond acceptors (Lipinski definition) is 30. The topological polar surface area (TPSA) is 576 Å². The van der Waals surface area contributed by atoms with E-state index in [1.807, 2.05) is 13.0 Å². The number of ether oxygens (including phenoxy) is 11. The lowest BCUT2D eigenvalue weighted by Crippen LogP contribution is -2.72. The van der Waals surface area contributed by atoms with Gasteiger partial charge in [0.15, 0.2) is 62.0 Å². The smallest absolute Gasteiger partial charge is 0.474 e. The van der Waals surface area contributed by atoms with Crippen molar-refractivity contribution in [1.29, 1.82) is 0 Å². The Balaban J connectivity index is 1.37. The van der Waals surface area contributed by atoms with Crippen molar-refractivity contribution >= 4 is 43.5 Å². The van der Waals surface area contributed by atoms with Gasteiger partial charge >= 0.3 is 19.9 Å². The second-order valence-corrected chi connectivity index (χ2v) is 28.2. The molecular formula is C61H107N6O31P. The van der Waals surface area contributed by atoms with Crippen LogP contribution in [-0.4, -0.2) is 284 Å². The highest BCUT2D eigenvalue weighted by molar-refractivity contribution is 7.47. The zero-order chi connectivity index (χ0) is 74.0. The van der Waals surface area contributed by atoms with Crippen molar-refractivity contribution in [3.63, 3.8) is 0 Å². The Labute approximate surface area is 573 Å². The first kappa shape index (κ1) is 85.3. The summed E-state index contributed by atoms with van der Waals surface area (Å²) in [5.41, 5.74) is 14.7.